The van der Waals surface area contributed by atoms with Crippen LogP contribution in [-0.4, -0.2) is 31.3 Å². The fourth-order valence-electron chi connectivity index (χ4n) is 3.39. The summed E-state index contributed by atoms with van der Waals surface area (Å²) in [5.41, 5.74) is 1.05. The van der Waals surface area contributed by atoms with E-state index >= 15 is 0 Å². The second-order valence-electron chi connectivity index (χ2n) is 6.35. The van der Waals surface area contributed by atoms with E-state index in [1.165, 1.54) is 0 Å². The monoisotopic (exact) mass is 303 g/mol. The molecule has 1 aromatic carbocycles. The van der Waals surface area contributed by atoms with E-state index in [9.17, 15) is 4.79 Å². The van der Waals surface area contributed by atoms with E-state index in [0.29, 0.717) is 18.7 Å². The molecule has 4 nitrogen and oxygen atoms in total. The molecule has 120 valence electrons. The zero-order valence-electron chi connectivity index (χ0n) is 13.0. The number of nitrogens with one attached hydrogen (secondary N) is 1. The van der Waals surface area contributed by atoms with Gasteiger partial charge in [-0.15, -0.1) is 0 Å². The molecule has 1 aromatic rings. The molecule has 22 heavy (non-hydrogen) atoms. The molecule has 1 unspecified atom stereocenters. The highest BCUT2D eigenvalue weighted by atomic mass is 16.5. The van der Waals surface area contributed by atoms with Gasteiger partial charge in [-0.3, -0.25) is 4.79 Å². The molecule has 3 rings (SSSR count). The van der Waals surface area contributed by atoms with E-state index in [-0.39, 0.29) is 11.9 Å². The molecular formula is C18H25NO3. The van der Waals surface area contributed by atoms with Gasteiger partial charge in [0.25, 0.3) is 0 Å². The number of esters is 1. The standard InChI is InChI=1S/C18H25NO3/c20-18(22-13-14-4-2-1-3-5-14)15-6-7-17(12-15)19-16-8-10-21-11-9-16/h1-5,15-17,19H,6-13H2/t15?,17-/m1/s1. The zero-order chi connectivity index (χ0) is 15.2. The molecule has 2 fully saturated rings. The lowest BCUT2D eigenvalue weighted by molar-refractivity contribution is -0.149. The van der Waals surface area contributed by atoms with E-state index in [0.717, 1.165) is 50.9 Å². The lowest BCUT2D eigenvalue weighted by atomic mass is 10.1. The Bertz CT molecular complexity index is 470. The summed E-state index contributed by atoms with van der Waals surface area (Å²) in [6.45, 7) is 2.09. The van der Waals surface area contributed by atoms with Crippen molar-refractivity contribution in [2.24, 2.45) is 5.92 Å². The Hall–Kier alpha value is -1.39. The van der Waals surface area contributed by atoms with Crippen LogP contribution in [0.25, 0.3) is 0 Å². The minimum atomic E-state index is -0.0415. The van der Waals surface area contributed by atoms with Crippen molar-refractivity contribution in [1.82, 2.24) is 5.32 Å². The van der Waals surface area contributed by atoms with Crippen molar-refractivity contribution in [3.05, 3.63) is 35.9 Å². The van der Waals surface area contributed by atoms with Crippen LogP contribution in [0.5, 0.6) is 0 Å². The topological polar surface area (TPSA) is 47.6 Å². The van der Waals surface area contributed by atoms with Crippen LogP contribution in [0.2, 0.25) is 0 Å². The average molecular weight is 303 g/mol. The van der Waals surface area contributed by atoms with Gasteiger partial charge < -0.3 is 14.8 Å². The summed E-state index contributed by atoms with van der Waals surface area (Å²) in [4.78, 5) is 12.2. The van der Waals surface area contributed by atoms with Gasteiger partial charge in [0.15, 0.2) is 0 Å². The smallest absolute Gasteiger partial charge is 0.309 e. The van der Waals surface area contributed by atoms with Crippen molar-refractivity contribution in [3.8, 4) is 0 Å². The first-order valence-corrected chi connectivity index (χ1v) is 8.35. The van der Waals surface area contributed by atoms with Crippen molar-refractivity contribution in [1.29, 1.82) is 0 Å². The van der Waals surface area contributed by atoms with E-state index in [2.05, 4.69) is 5.32 Å². The quantitative estimate of drug-likeness (QED) is 0.850. The second kappa shape index (κ2) is 7.75. The molecule has 1 aliphatic heterocycles. The Morgan fingerprint density at radius 3 is 2.64 bits per heavy atom. The van der Waals surface area contributed by atoms with Gasteiger partial charge >= 0.3 is 5.97 Å². The summed E-state index contributed by atoms with van der Waals surface area (Å²) in [5, 5.41) is 3.69. The van der Waals surface area contributed by atoms with Crippen LogP contribution in [0.1, 0.15) is 37.7 Å². The molecule has 2 atom stereocenters. The largest absolute Gasteiger partial charge is 0.461 e. The first-order chi connectivity index (χ1) is 10.8. The normalized spacial score (nSPS) is 26.0. The molecule has 0 radical (unpaired) electrons. The minimum absolute atomic E-state index is 0.0415. The first-order valence-electron chi connectivity index (χ1n) is 8.35. The van der Waals surface area contributed by atoms with Gasteiger partial charge in [0, 0.05) is 25.3 Å². The van der Waals surface area contributed by atoms with Gasteiger partial charge in [0.2, 0.25) is 0 Å². The van der Waals surface area contributed by atoms with Gasteiger partial charge in [0.1, 0.15) is 6.61 Å². The van der Waals surface area contributed by atoms with Crippen LogP contribution in [0.15, 0.2) is 30.3 Å². The van der Waals surface area contributed by atoms with E-state index in [1.807, 2.05) is 30.3 Å². The van der Waals surface area contributed by atoms with Gasteiger partial charge in [0.05, 0.1) is 5.92 Å². The van der Waals surface area contributed by atoms with E-state index in [4.69, 9.17) is 9.47 Å². The lowest BCUT2D eigenvalue weighted by Gasteiger charge is -2.26. The number of hydrogen-bond donors (Lipinski definition) is 1. The minimum Gasteiger partial charge on any atom is -0.461 e. The van der Waals surface area contributed by atoms with Crippen LogP contribution in [0.4, 0.5) is 0 Å². The summed E-state index contributed by atoms with van der Waals surface area (Å²) in [6.07, 6.45) is 5.08. The maximum Gasteiger partial charge on any atom is 0.309 e. The van der Waals surface area contributed by atoms with Crippen molar-refractivity contribution < 1.29 is 14.3 Å². The van der Waals surface area contributed by atoms with Crippen LogP contribution in [0, 0.1) is 5.92 Å². The molecule has 1 saturated carbocycles. The molecule has 0 aromatic heterocycles. The molecule has 1 N–H and O–H groups in total. The summed E-state index contributed by atoms with van der Waals surface area (Å²) in [5.74, 6) is 0.0150. The van der Waals surface area contributed by atoms with Gasteiger partial charge in [-0.25, -0.2) is 0 Å². The molecule has 1 aliphatic carbocycles. The Morgan fingerprint density at radius 2 is 1.86 bits per heavy atom. The fraction of sp³-hybridized carbons (Fsp3) is 0.611. The van der Waals surface area contributed by atoms with Crippen molar-refractivity contribution in [2.45, 2.75) is 50.8 Å². The van der Waals surface area contributed by atoms with E-state index in [1.54, 1.807) is 0 Å². The molecule has 1 saturated heterocycles. The van der Waals surface area contributed by atoms with Crippen molar-refractivity contribution >= 4 is 5.97 Å². The Kier molecular flexibility index (Phi) is 5.46. The summed E-state index contributed by atoms with van der Waals surface area (Å²) >= 11 is 0. The number of hydrogen-bond acceptors (Lipinski definition) is 4. The fourth-order valence-corrected chi connectivity index (χ4v) is 3.39. The highest BCUT2D eigenvalue weighted by Crippen LogP contribution is 2.28. The maximum atomic E-state index is 12.2. The Labute approximate surface area is 132 Å². The van der Waals surface area contributed by atoms with Crippen molar-refractivity contribution in [3.63, 3.8) is 0 Å². The lowest BCUT2D eigenvalue weighted by Crippen LogP contribution is -2.40. The first kappa shape index (κ1) is 15.5. The van der Waals surface area contributed by atoms with Gasteiger partial charge in [-0.1, -0.05) is 30.3 Å². The van der Waals surface area contributed by atoms with Gasteiger partial charge in [-0.05, 0) is 37.7 Å². The Morgan fingerprint density at radius 1 is 1.09 bits per heavy atom. The molecule has 4 heteroatoms. The van der Waals surface area contributed by atoms with Crippen molar-refractivity contribution in [2.75, 3.05) is 13.2 Å². The van der Waals surface area contributed by atoms with E-state index < -0.39 is 0 Å². The highest BCUT2D eigenvalue weighted by molar-refractivity contribution is 5.72. The summed E-state index contributed by atoms with van der Waals surface area (Å²) in [7, 11) is 0. The van der Waals surface area contributed by atoms with Crippen LogP contribution in [-0.2, 0) is 20.9 Å². The number of carbonyl (C=O) groups is 1. The number of rotatable bonds is 5. The summed E-state index contributed by atoms with van der Waals surface area (Å²) in [6, 6.07) is 10.9. The molecule has 0 amide bonds. The number of benzene rings is 1. The molecule has 2 aliphatic rings. The predicted octanol–water partition coefficient (Wildman–Crippen LogP) is 2.67. The number of ether oxygens (including phenoxy) is 2. The zero-order valence-corrected chi connectivity index (χ0v) is 13.0. The SMILES string of the molecule is O=C(OCc1ccccc1)C1CC[C@@H](NC2CCOCC2)C1. The third kappa shape index (κ3) is 4.31. The molecular weight excluding hydrogens is 278 g/mol. The molecule has 1 heterocycles. The van der Waals surface area contributed by atoms with Gasteiger partial charge in [-0.2, -0.15) is 0 Å². The average Bonchev–Trinajstić information content (AvgIpc) is 3.03. The summed E-state index contributed by atoms with van der Waals surface area (Å²) < 4.78 is 10.8. The molecule has 0 bridgehead atoms. The second-order valence-corrected chi connectivity index (χ2v) is 6.35. The third-order valence-electron chi connectivity index (χ3n) is 4.68. The van der Waals surface area contributed by atoms with Crippen LogP contribution in [0.3, 0.4) is 0 Å². The molecule has 0 spiro atoms. The third-order valence-corrected chi connectivity index (χ3v) is 4.68. The van der Waals surface area contributed by atoms with Crippen LogP contribution >= 0.6 is 0 Å². The number of carbonyl (C=O) groups excluding carboxylic acids is 1. The van der Waals surface area contributed by atoms with Crippen LogP contribution < -0.4 is 5.32 Å². The predicted molar refractivity (Wildman–Crippen MR) is 84.3 cm³/mol. The highest BCUT2D eigenvalue weighted by Gasteiger charge is 2.32. The Balaban J connectivity index is 1.40. The maximum absolute atomic E-state index is 12.2.